The maximum absolute atomic E-state index is 5.94. The van der Waals surface area contributed by atoms with E-state index < -0.39 is 0 Å². The summed E-state index contributed by atoms with van der Waals surface area (Å²) in [6, 6.07) is 18.0. The van der Waals surface area contributed by atoms with Gasteiger partial charge in [-0.2, -0.15) is 0 Å². The van der Waals surface area contributed by atoms with Crippen LogP contribution in [0.3, 0.4) is 0 Å². The number of nitrogens with one attached hydrogen (secondary N) is 1. The lowest BCUT2D eigenvalue weighted by Gasteiger charge is -2.29. The molecular weight excluding hydrogens is 256 g/mol. The number of hydrazine groups is 1. The van der Waals surface area contributed by atoms with Gasteiger partial charge in [0.2, 0.25) is 0 Å². The van der Waals surface area contributed by atoms with Crippen molar-refractivity contribution in [3.8, 4) is 0 Å². The van der Waals surface area contributed by atoms with Gasteiger partial charge in [0, 0.05) is 16.8 Å². The van der Waals surface area contributed by atoms with Crippen LogP contribution in [0.4, 0.5) is 5.69 Å². The molecule has 0 unspecified atom stereocenters. The first-order valence-electron chi connectivity index (χ1n) is 6.09. The fourth-order valence-electron chi connectivity index (χ4n) is 2.04. The lowest BCUT2D eigenvalue weighted by Crippen LogP contribution is -2.34. The minimum absolute atomic E-state index is 0.738. The van der Waals surface area contributed by atoms with Crippen LogP contribution in [0.25, 0.3) is 5.70 Å². The van der Waals surface area contributed by atoms with Crippen molar-refractivity contribution in [2.24, 2.45) is 0 Å². The highest BCUT2D eigenvalue weighted by Crippen LogP contribution is 2.27. The fraction of sp³-hybridized carbons (Fsp3) is 0. The Morgan fingerprint density at radius 3 is 2.37 bits per heavy atom. The van der Waals surface area contributed by atoms with Crippen molar-refractivity contribution in [2.75, 3.05) is 5.01 Å². The molecule has 0 saturated carbocycles. The minimum Gasteiger partial charge on any atom is -0.301 e. The molecule has 1 N–H and O–H groups in total. The van der Waals surface area contributed by atoms with E-state index in [-0.39, 0.29) is 0 Å². The summed E-state index contributed by atoms with van der Waals surface area (Å²) in [5.41, 5.74) is 6.55. The molecule has 0 aliphatic carbocycles. The highest BCUT2D eigenvalue weighted by atomic mass is 35.5. The Hall–Kier alpha value is -2.19. The molecule has 1 aliphatic rings. The number of hydrogen-bond donors (Lipinski definition) is 1. The van der Waals surface area contributed by atoms with Gasteiger partial charge < -0.3 is 5.43 Å². The van der Waals surface area contributed by atoms with Gasteiger partial charge in [0.15, 0.2) is 0 Å². The molecule has 0 radical (unpaired) electrons. The Kier molecular flexibility index (Phi) is 3.25. The third kappa shape index (κ3) is 2.49. The maximum Gasteiger partial charge on any atom is 0.0703 e. The number of allylic oxidation sites excluding steroid dienone is 2. The van der Waals surface area contributed by atoms with Crippen LogP contribution in [-0.2, 0) is 0 Å². The summed E-state index contributed by atoms with van der Waals surface area (Å²) in [6.07, 6.45) is 5.98. The van der Waals surface area contributed by atoms with Crippen LogP contribution >= 0.6 is 11.6 Å². The standard InChI is InChI=1S/C16H13ClN2/c17-14-8-10-15(11-9-14)19-16(7-4-12-18-19)13-5-2-1-3-6-13/h1-12,18H. The van der Waals surface area contributed by atoms with Crippen LogP contribution in [0.2, 0.25) is 5.02 Å². The first-order valence-corrected chi connectivity index (χ1v) is 6.46. The number of hydrogen-bond acceptors (Lipinski definition) is 2. The van der Waals surface area contributed by atoms with E-state index in [1.54, 1.807) is 0 Å². The topological polar surface area (TPSA) is 15.3 Å². The molecule has 1 heterocycles. The maximum atomic E-state index is 5.94. The molecule has 19 heavy (non-hydrogen) atoms. The molecule has 0 fully saturated rings. The molecule has 2 aromatic rings. The monoisotopic (exact) mass is 268 g/mol. The van der Waals surface area contributed by atoms with Crippen LogP contribution in [0.5, 0.6) is 0 Å². The number of anilines is 1. The third-order valence-electron chi connectivity index (χ3n) is 2.95. The van der Waals surface area contributed by atoms with Crippen LogP contribution in [0, 0.1) is 0 Å². The lowest BCUT2D eigenvalue weighted by atomic mass is 10.1. The van der Waals surface area contributed by atoms with Gasteiger partial charge in [-0.25, -0.2) is 0 Å². The Labute approximate surface area is 117 Å². The molecule has 0 amide bonds. The molecule has 0 aromatic heterocycles. The third-order valence-corrected chi connectivity index (χ3v) is 3.20. The van der Waals surface area contributed by atoms with Crippen molar-refractivity contribution in [2.45, 2.75) is 0 Å². The van der Waals surface area contributed by atoms with Gasteiger partial charge in [-0.15, -0.1) is 0 Å². The molecule has 1 aliphatic heterocycles. The van der Waals surface area contributed by atoms with Crippen LogP contribution in [0.15, 0.2) is 72.9 Å². The summed E-state index contributed by atoms with van der Waals surface area (Å²) in [5.74, 6) is 0. The molecule has 2 nitrogen and oxygen atoms in total. The van der Waals surface area contributed by atoms with Gasteiger partial charge in [0.05, 0.1) is 11.4 Å². The largest absolute Gasteiger partial charge is 0.301 e. The summed E-state index contributed by atoms with van der Waals surface area (Å²) in [6.45, 7) is 0. The molecule has 0 bridgehead atoms. The summed E-state index contributed by atoms with van der Waals surface area (Å²) < 4.78 is 0. The average Bonchev–Trinajstić information content (AvgIpc) is 2.49. The van der Waals surface area contributed by atoms with Crippen molar-refractivity contribution in [3.63, 3.8) is 0 Å². The Bertz CT molecular complexity index is 615. The number of halogens is 1. The highest BCUT2D eigenvalue weighted by molar-refractivity contribution is 6.30. The highest BCUT2D eigenvalue weighted by Gasteiger charge is 2.14. The van der Waals surface area contributed by atoms with Crippen molar-refractivity contribution >= 4 is 23.0 Å². The van der Waals surface area contributed by atoms with E-state index >= 15 is 0 Å². The SMILES string of the molecule is Clc1ccc(N2NC=CC=C2c2ccccc2)cc1. The van der Waals surface area contributed by atoms with Gasteiger partial charge in [-0.3, -0.25) is 5.01 Å². The average molecular weight is 269 g/mol. The number of rotatable bonds is 2. The van der Waals surface area contributed by atoms with Crippen molar-refractivity contribution < 1.29 is 0 Å². The van der Waals surface area contributed by atoms with Crippen LogP contribution in [0.1, 0.15) is 5.56 Å². The molecule has 3 heteroatoms. The molecule has 0 saturated heterocycles. The quantitative estimate of drug-likeness (QED) is 0.877. The Morgan fingerprint density at radius 2 is 1.63 bits per heavy atom. The zero-order valence-electron chi connectivity index (χ0n) is 10.3. The van der Waals surface area contributed by atoms with Crippen molar-refractivity contribution in [3.05, 3.63) is 83.5 Å². The van der Waals surface area contributed by atoms with E-state index in [9.17, 15) is 0 Å². The number of benzene rings is 2. The predicted octanol–water partition coefficient (Wildman–Crippen LogP) is 4.22. The zero-order chi connectivity index (χ0) is 13.1. The molecule has 2 aromatic carbocycles. The summed E-state index contributed by atoms with van der Waals surface area (Å²) in [4.78, 5) is 0. The first-order chi connectivity index (χ1) is 9.34. The van der Waals surface area contributed by atoms with Gasteiger partial charge in [-0.1, -0.05) is 41.9 Å². The van der Waals surface area contributed by atoms with E-state index in [0.29, 0.717) is 0 Å². The molecular formula is C16H13ClN2. The smallest absolute Gasteiger partial charge is 0.0703 e. The van der Waals surface area contributed by atoms with Gasteiger partial charge in [-0.05, 0) is 36.4 Å². The van der Waals surface area contributed by atoms with E-state index in [4.69, 9.17) is 11.6 Å². The van der Waals surface area contributed by atoms with Gasteiger partial charge in [0.1, 0.15) is 0 Å². The molecule has 0 spiro atoms. The van der Waals surface area contributed by atoms with E-state index in [2.05, 4.69) is 23.6 Å². The second kappa shape index (κ2) is 5.21. The fourth-order valence-corrected chi connectivity index (χ4v) is 2.16. The second-order valence-electron chi connectivity index (χ2n) is 4.22. The minimum atomic E-state index is 0.738. The van der Waals surface area contributed by atoms with Crippen molar-refractivity contribution in [1.82, 2.24) is 5.43 Å². The summed E-state index contributed by atoms with van der Waals surface area (Å²) in [7, 11) is 0. The van der Waals surface area contributed by atoms with Crippen molar-refractivity contribution in [1.29, 1.82) is 0 Å². The molecule has 3 rings (SSSR count). The molecule has 0 atom stereocenters. The summed E-state index contributed by atoms with van der Waals surface area (Å²) in [5, 5.41) is 2.77. The Balaban J connectivity index is 1.99. The van der Waals surface area contributed by atoms with E-state index in [0.717, 1.165) is 22.0 Å². The van der Waals surface area contributed by atoms with E-state index in [1.165, 1.54) is 0 Å². The lowest BCUT2D eigenvalue weighted by molar-refractivity contribution is 0.884. The van der Waals surface area contributed by atoms with Gasteiger partial charge >= 0.3 is 0 Å². The number of nitrogens with zero attached hydrogens (tertiary/aromatic N) is 1. The zero-order valence-corrected chi connectivity index (χ0v) is 11.0. The summed E-state index contributed by atoms with van der Waals surface area (Å²) >= 11 is 5.94. The normalized spacial score (nSPS) is 13.9. The Morgan fingerprint density at radius 1 is 0.895 bits per heavy atom. The van der Waals surface area contributed by atoms with E-state index in [1.807, 2.05) is 59.7 Å². The van der Waals surface area contributed by atoms with Crippen LogP contribution in [-0.4, -0.2) is 0 Å². The predicted molar refractivity (Wildman–Crippen MR) is 80.6 cm³/mol. The van der Waals surface area contributed by atoms with Gasteiger partial charge in [0.25, 0.3) is 0 Å². The first kappa shape index (κ1) is 11.9. The second-order valence-corrected chi connectivity index (χ2v) is 4.65. The van der Waals surface area contributed by atoms with Crippen LogP contribution < -0.4 is 10.4 Å². The molecule has 94 valence electrons.